The lowest BCUT2D eigenvalue weighted by molar-refractivity contribution is -0.384. The van der Waals surface area contributed by atoms with Gasteiger partial charge in [-0.2, -0.15) is 0 Å². The number of nitrogens with zero attached hydrogens (tertiary/aromatic N) is 2. The first-order chi connectivity index (χ1) is 14.9. The molecule has 2 amide bonds. The van der Waals surface area contributed by atoms with Crippen LogP contribution >= 0.6 is 0 Å². The highest BCUT2D eigenvalue weighted by molar-refractivity contribution is 5.70. The fourth-order valence-electron chi connectivity index (χ4n) is 3.14. The summed E-state index contributed by atoms with van der Waals surface area (Å²) in [5.74, 6) is 0.254. The average Bonchev–Trinajstić information content (AvgIpc) is 2.74. The van der Waals surface area contributed by atoms with Crippen molar-refractivity contribution in [1.29, 1.82) is 0 Å². The smallest absolute Gasteiger partial charge is 0.412 e. The Hall–Kier alpha value is -2.84. The number of nitro benzene ring substituents is 1. The molecule has 9 heteroatoms. The quantitative estimate of drug-likeness (QED) is 0.198. The maximum absolute atomic E-state index is 11.7. The minimum absolute atomic E-state index is 0.0598. The van der Waals surface area contributed by atoms with Crippen molar-refractivity contribution >= 4 is 17.9 Å². The summed E-state index contributed by atoms with van der Waals surface area (Å²) < 4.78 is 5.07. The molecule has 174 valence electrons. The van der Waals surface area contributed by atoms with E-state index in [2.05, 4.69) is 12.2 Å². The molecule has 0 aliphatic carbocycles. The van der Waals surface area contributed by atoms with Gasteiger partial charge in [-0.05, 0) is 31.4 Å². The molecule has 0 saturated heterocycles. The molecule has 2 N–H and O–H groups in total. The number of ether oxygens (including phenoxy) is 1. The third-order valence-corrected chi connectivity index (χ3v) is 4.93. The van der Waals surface area contributed by atoms with Gasteiger partial charge in [0.2, 0.25) is 0 Å². The van der Waals surface area contributed by atoms with Gasteiger partial charge in [0.25, 0.3) is 5.69 Å². The Morgan fingerprint density at radius 2 is 1.52 bits per heavy atom. The molecule has 0 aliphatic heterocycles. The summed E-state index contributed by atoms with van der Waals surface area (Å²) in [5, 5.41) is 22.5. The molecule has 0 bridgehead atoms. The van der Waals surface area contributed by atoms with Crippen LogP contribution in [0.25, 0.3) is 0 Å². The van der Waals surface area contributed by atoms with Crippen molar-refractivity contribution in [3.63, 3.8) is 0 Å². The van der Waals surface area contributed by atoms with E-state index in [0.29, 0.717) is 19.6 Å². The van der Waals surface area contributed by atoms with Gasteiger partial charge < -0.3 is 20.1 Å². The molecule has 0 radical (unpaired) electrons. The van der Waals surface area contributed by atoms with Crippen LogP contribution < -0.4 is 10.1 Å². The van der Waals surface area contributed by atoms with Gasteiger partial charge in [0.1, 0.15) is 5.75 Å². The first-order valence-corrected chi connectivity index (χ1v) is 11.1. The Morgan fingerprint density at radius 1 is 0.968 bits per heavy atom. The molecule has 0 heterocycles. The molecule has 0 spiro atoms. The zero-order valence-electron chi connectivity index (χ0n) is 18.4. The van der Waals surface area contributed by atoms with Gasteiger partial charge in [-0.1, -0.05) is 51.9 Å². The molecule has 0 fully saturated rings. The molecule has 0 aliphatic rings. The van der Waals surface area contributed by atoms with E-state index in [1.165, 1.54) is 29.2 Å². The first kappa shape index (κ1) is 26.2. The van der Waals surface area contributed by atoms with Gasteiger partial charge in [-0.3, -0.25) is 10.1 Å². The largest absolute Gasteiger partial charge is 0.465 e. The van der Waals surface area contributed by atoms with Crippen molar-refractivity contribution in [2.75, 3.05) is 19.6 Å². The fourth-order valence-corrected chi connectivity index (χ4v) is 3.14. The molecule has 31 heavy (non-hydrogen) atoms. The minimum atomic E-state index is -0.830. The number of rotatable bonds is 16. The molecule has 0 saturated carbocycles. The number of unbranched alkanes of at least 4 members (excludes halogenated alkanes) is 8. The zero-order valence-corrected chi connectivity index (χ0v) is 18.4. The molecule has 0 atom stereocenters. The number of benzene rings is 1. The highest BCUT2D eigenvalue weighted by atomic mass is 16.6. The molecular formula is C22H35N3O6. The summed E-state index contributed by atoms with van der Waals surface area (Å²) in [7, 11) is 0. The lowest BCUT2D eigenvalue weighted by Gasteiger charge is -2.19. The summed E-state index contributed by atoms with van der Waals surface area (Å²) >= 11 is 0. The van der Waals surface area contributed by atoms with E-state index in [4.69, 9.17) is 4.74 Å². The molecule has 1 rings (SSSR count). The van der Waals surface area contributed by atoms with Crippen LogP contribution in [0.5, 0.6) is 5.75 Å². The number of hydrogen-bond acceptors (Lipinski definition) is 5. The summed E-state index contributed by atoms with van der Waals surface area (Å²) in [6, 6.07) is 5.33. The second-order valence-electron chi connectivity index (χ2n) is 7.52. The molecule has 9 nitrogen and oxygen atoms in total. The van der Waals surface area contributed by atoms with Crippen molar-refractivity contribution in [3.8, 4) is 5.75 Å². The van der Waals surface area contributed by atoms with Crippen LogP contribution in [0.2, 0.25) is 0 Å². The van der Waals surface area contributed by atoms with E-state index in [0.717, 1.165) is 64.2 Å². The third-order valence-electron chi connectivity index (χ3n) is 4.93. The Morgan fingerprint density at radius 3 is 2.06 bits per heavy atom. The van der Waals surface area contributed by atoms with Crippen LogP contribution in [0.4, 0.5) is 15.3 Å². The topological polar surface area (TPSA) is 122 Å². The standard InChI is InChI=1S/C22H35N3O6/c1-2-3-4-10-17-24(22(27)28)18-11-8-6-5-7-9-16-23-21(26)31-20-14-12-19(13-15-20)25(29)30/h12-15H,2-11,16-18H2,1H3,(H,23,26)(H,27,28). The lowest BCUT2D eigenvalue weighted by Crippen LogP contribution is -2.31. The Labute approximate surface area is 183 Å². The van der Waals surface area contributed by atoms with Crippen LogP contribution in [0, 0.1) is 10.1 Å². The predicted octanol–water partition coefficient (Wildman–Crippen LogP) is 5.58. The lowest BCUT2D eigenvalue weighted by atomic mass is 10.1. The van der Waals surface area contributed by atoms with Gasteiger partial charge in [0.05, 0.1) is 4.92 Å². The van der Waals surface area contributed by atoms with Crippen LogP contribution in [-0.4, -0.2) is 46.8 Å². The van der Waals surface area contributed by atoms with Crippen LogP contribution in [0.1, 0.15) is 71.1 Å². The average molecular weight is 438 g/mol. The number of amides is 2. The Balaban J connectivity index is 2.03. The molecule has 1 aromatic carbocycles. The van der Waals surface area contributed by atoms with Crippen molar-refractivity contribution in [2.24, 2.45) is 0 Å². The highest BCUT2D eigenvalue weighted by Gasteiger charge is 2.10. The number of nitrogens with one attached hydrogen (secondary N) is 1. The van der Waals surface area contributed by atoms with Crippen LogP contribution in [-0.2, 0) is 0 Å². The van der Waals surface area contributed by atoms with Crippen LogP contribution in [0.3, 0.4) is 0 Å². The van der Waals surface area contributed by atoms with Gasteiger partial charge in [0.15, 0.2) is 0 Å². The van der Waals surface area contributed by atoms with Crippen molar-refractivity contribution in [3.05, 3.63) is 34.4 Å². The van der Waals surface area contributed by atoms with Crippen molar-refractivity contribution in [1.82, 2.24) is 10.2 Å². The zero-order chi connectivity index (χ0) is 22.9. The predicted molar refractivity (Wildman–Crippen MR) is 119 cm³/mol. The number of non-ortho nitro benzene ring substituents is 1. The molecule has 1 aromatic rings. The summed E-state index contributed by atoms with van der Waals surface area (Å²) in [4.78, 5) is 34.6. The van der Waals surface area contributed by atoms with E-state index < -0.39 is 17.1 Å². The number of carbonyl (C=O) groups is 2. The normalized spacial score (nSPS) is 10.5. The summed E-state index contributed by atoms with van der Waals surface area (Å²) in [6.07, 6.45) is 8.62. The fraction of sp³-hybridized carbons (Fsp3) is 0.636. The number of nitro groups is 1. The first-order valence-electron chi connectivity index (χ1n) is 11.1. The van der Waals surface area contributed by atoms with Gasteiger partial charge in [-0.15, -0.1) is 0 Å². The highest BCUT2D eigenvalue weighted by Crippen LogP contribution is 2.17. The van der Waals surface area contributed by atoms with Gasteiger partial charge in [0, 0.05) is 31.8 Å². The molecular weight excluding hydrogens is 402 g/mol. The van der Waals surface area contributed by atoms with E-state index in [-0.39, 0.29) is 11.4 Å². The Bertz CT molecular complexity index is 666. The van der Waals surface area contributed by atoms with E-state index >= 15 is 0 Å². The van der Waals surface area contributed by atoms with Crippen molar-refractivity contribution < 1.29 is 24.4 Å². The molecule has 0 aromatic heterocycles. The maximum Gasteiger partial charge on any atom is 0.412 e. The minimum Gasteiger partial charge on any atom is -0.465 e. The van der Waals surface area contributed by atoms with E-state index in [1.807, 2.05) is 0 Å². The van der Waals surface area contributed by atoms with E-state index in [1.54, 1.807) is 0 Å². The Kier molecular flexibility index (Phi) is 13.5. The summed E-state index contributed by atoms with van der Waals surface area (Å²) in [6.45, 7) is 3.85. The number of hydrogen-bond donors (Lipinski definition) is 2. The SMILES string of the molecule is CCCCCCN(CCCCCCCCNC(=O)Oc1ccc([N+](=O)[O-])cc1)C(=O)O. The monoisotopic (exact) mass is 437 g/mol. The van der Waals surface area contributed by atoms with Gasteiger partial charge in [-0.25, -0.2) is 9.59 Å². The van der Waals surface area contributed by atoms with Crippen LogP contribution in [0.15, 0.2) is 24.3 Å². The number of carboxylic acid groups (broad SMARTS) is 1. The second kappa shape index (κ2) is 15.9. The van der Waals surface area contributed by atoms with E-state index in [9.17, 15) is 24.8 Å². The number of carbonyl (C=O) groups excluding carboxylic acids is 1. The molecule has 0 unspecified atom stereocenters. The summed E-state index contributed by atoms with van der Waals surface area (Å²) in [5.41, 5.74) is -0.0598. The van der Waals surface area contributed by atoms with Crippen molar-refractivity contribution in [2.45, 2.75) is 71.1 Å². The third kappa shape index (κ3) is 12.5. The van der Waals surface area contributed by atoms with Gasteiger partial charge >= 0.3 is 12.2 Å². The second-order valence-corrected chi connectivity index (χ2v) is 7.52. The maximum atomic E-state index is 11.7.